The van der Waals surface area contributed by atoms with Gasteiger partial charge in [-0.2, -0.15) is 0 Å². The molecule has 0 bridgehead atoms. The Kier molecular flexibility index (Phi) is 2.70. The Bertz CT molecular complexity index is 332. The Labute approximate surface area is 87.9 Å². The lowest BCUT2D eigenvalue weighted by atomic mass is 9.84. The molecule has 1 heterocycles. The summed E-state index contributed by atoms with van der Waals surface area (Å²) in [6, 6.07) is 2.03. The number of aryl methyl sites for hydroxylation is 1. The molecule has 0 aliphatic heterocycles. The SMILES string of the molecule is CCOC1(C=O)CCCc2sccc21. The minimum Gasteiger partial charge on any atom is -0.363 e. The van der Waals surface area contributed by atoms with E-state index in [2.05, 4.69) is 0 Å². The van der Waals surface area contributed by atoms with E-state index in [0.29, 0.717) is 6.61 Å². The van der Waals surface area contributed by atoms with Gasteiger partial charge in [-0.15, -0.1) is 11.3 Å². The van der Waals surface area contributed by atoms with Crippen LogP contribution in [0.5, 0.6) is 0 Å². The van der Waals surface area contributed by atoms with Crippen molar-refractivity contribution in [3.8, 4) is 0 Å². The number of carbonyl (C=O) groups is 1. The van der Waals surface area contributed by atoms with Crippen LogP contribution in [0.1, 0.15) is 30.2 Å². The maximum Gasteiger partial charge on any atom is 0.156 e. The standard InChI is InChI=1S/C11H14O2S/c1-2-13-11(8-12)6-3-4-10-9(11)5-7-14-10/h5,7-8H,2-4,6H2,1H3. The van der Waals surface area contributed by atoms with Crippen molar-refractivity contribution < 1.29 is 9.53 Å². The average Bonchev–Trinajstić information content (AvgIpc) is 2.67. The van der Waals surface area contributed by atoms with Crippen LogP contribution in [0.2, 0.25) is 0 Å². The summed E-state index contributed by atoms with van der Waals surface area (Å²) >= 11 is 1.73. The summed E-state index contributed by atoms with van der Waals surface area (Å²) in [6.45, 7) is 2.53. The Balaban J connectivity index is 2.41. The summed E-state index contributed by atoms with van der Waals surface area (Å²) in [5.74, 6) is 0. The molecule has 0 saturated heterocycles. The number of thiophene rings is 1. The second-order valence-corrected chi connectivity index (χ2v) is 4.55. The van der Waals surface area contributed by atoms with E-state index >= 15 is 0 Å². The third kappa shape index (κ3) is 1.41. The molecule has 0 amide bonds. The molecule has 1 aromatic rings. The van der Waals surface area contributed by atoms with Gasteiger partial charge in [0, 0.05) is 17.0 Å². The molecule has 0 N–H and O–H groups in total. The van der Waals surface area contributed by atoms with E-state index in [4.69, 9.17) is 4.74 Å². The number of hydrogen-bond donors (Lipinski definition) is 0. The van der Waals surface area contributed by atoms with Gasteiger partial charge in [0.15, 0.2) is 6.29 Å². The van der Waals surface area contributed by atoms with Crippen LogP contribution < -0.4 is 0 Å². The fraction of sp³-hybridized carbons (Fsp3) is 0.545. The quantitative estimate of drug-likeness (QED) is 0.716. The van der Waals surface area contributed by atoms with E-state index in [-0.39, 0.29) is 0 Å². The van der Waals surface area contributed by atoms with Crippen LogP contribution in [-0.4, -0.2) is 12.9 Å². The van der Waals surface area contributed by atoms with Gasteiger partial charge in [0.1, 0.15) is 5.60 Å². The fourth-order valence-corrected chi connectivity index (χ4v) is 3.12. The molecule has 1 aliphatic carbocycles. The molecule has 1 aromatic heterocycles. The van der Waals surface area contributed by atoms with Crippen LogP contribution in [0.3, 0.4) is 0 Å². The summed E-state index contributed by atoms with van der Waals surface area (Å²) in [5, 5.41) is 2.05. The van der Waals surface area contributed by atoms with Crippen LogP contribution in [0.4, 0.5) is 0 Å². The molecule has 1 atom stereocenters. The fourth-order valence-electron chi connectivity index (χ4n) is 2.12. The van der Waals surface area contributed by atoms with Crippen molar-refractivity contribution >= 4 is 17.6 Å². The molecule has 76 valence electrons. The molecular formula is C11H14O2S. The number of rotatable bonds is 3. The van der Waals surface area contributed by atoms with Gasteiger partial charge in [-0.3, -0.25) is 4.79 Å². The van der Waals surface area contributed by atoms with Gasteiger partial charge in [-0.1, -0.05) is 0 Å². The third-order valence-electron chi connectivity index (χ3n) is 2.75. The van der Waals surface area contributed by atoms with Crippen molar-refractivity contribution in [1.82, 2.24) is 0 Å². The summed E-state index contributed by atoms with van der Waals surface area (Å²) in [7, 11) is 0. The molecule has 1 unspecified atom stereocenters. The Morgan fingerprint density at radius 2 is 2.57 bits per heavy atom. The smallest absolute Gasteiger partial charge is 0.156 e. The highest BCUT2D eigenvalue weighted by molar-refractivity contribution is 7.10. The molecule has 0 saturated carbocycles. The number of fused-ring (bicyclic) bond motifs is 1. The number of aldehydes is 1. The lowest BCUT2D eigenvalue weighted by molar-refractivity contribution is -0.134. The van der Waals surface area contributed by atoms with Crippen molar-refractivity contribution in [3.05, 3.63) is 21.9 Å². The number of carbonyl (C=O) groups excluding carboxylic acids is 1. The first-order valence-electron chi connectivity index (χ1n) is 4.99. The van der Waals surface area contributed by atoms with E-state index in [9.17, 15) is 4.79 Å². The third-order valence-corrected chi connectivity index (χ3v) is 3.73. The first-order valence-corrected chi connectivity index (χ1v) is 5.87. The van der Waals surface area contributed by atoms with Crippen molar-refractivity contribution in [2.24, 2.45) is 0 Å². The van der Waals surface area contributed by atoms with Crippen molar-refractivity contribution in [1.29, 1.82) is 0 Å². The van der Waals surface area contributed by atoms with Crippen molar-refractivity contribution in [2.75, 3.05) is 6.61 Å². The number of hydrogen-bond acceptors (Lipinski definition) is 3. The highest BCUT2D eigenvalue weighted by Gasteiger charge is 2.37. The van der Waals surface area contributed by atoms with Crippen LogP contribution in [-0.2, 0) is 21.6 Å². The zero-order chi connectivity index (χ0) is 10.0. The average molecular weight is 210 g/mol. The molecule has 14 heavy (non-hydrogen) atoms. The Hall–Kier alpha value is -0.670. The minimum absolute atomic E-state index is 0.591. The molecule has 2 rings (SSSR count). The van der Waals surface area contributed by atoms with Crippen molar-refractivity contribution in [3.63, 3.8) is 0 Å². The van der Waals surface area contributed by atoms with E-state index in [1.165, 1.54) is 4.88 Å². The lowest BCUT2D eigenvalue weighted by Crippen LogP contribution is -2.34. The van der Waals surface area contributed by atoms with Gasteiger partial charge in [-0.25, -0.2) is 0 Å². The molecule has 0 spiro atoms. The van der Waals surface area contributed by atoms with Gasteiger partial charge in [0.2, 0.25) is 0 Å². The van der Waals surface area contributed by atoms with Gasteiger partial charge in [-0.05, 0) is 37.6 Å². The molecule has 0 aromatic carbocycles. The topological polar surface area (TPSA) is 26.3 Å². The lowest BCUT2D eigenvalue weighted by Gasteiger charge is -2.32. The van der Waals surface area contributed by atoms with Crippen LogP contribution >= 0.6 is 11.3 Å². The van der Waals surface area contributed by atoms with E-state index < -0.39 is 5.60 Å². The molecule has 0 fully saturated rings. The predicted octanol–water partition coefficient (Wildman–Crippen LogP) is 2.52. The zero-order valence-electron chi connectivity index (χ0n) is 8.29. The highest BCUT2D eigenvalue weighted by Crippen LogP contribution is 2.39. The van der Waals surface area contributed by atoms with Crippen LogP contribution in [0, 0.1) is 0 Å². The normalized spacial score (nSPS) is 25.8. The van der Waals surface area contributed by atoms with Crippen molar-refractivity contribution in [2.45, 2.75) is 31.8 Å². The molecular weight excluding hydrogens is 196 g/mol. The Morgan fingerprint density at radius 3 is 3.29 bits per heavy atom. The first kappa shape index (κ1) is 9.87. The van der Waals surface area contributed by atoms with E-state index in [1.54, 1.807) is 11.3 Å². The summed E-state index contributed by atoms with van der Waals surface area (Å²) < 4.78 is 5.64. The van der Waals surface area contributed by atoms with Crippen LogP contribution in [0.25, 0.3) is 0 Å². The largest absolute Gasteiger partial charge is 0.363 e. The summed E-state index contributed by atoms with van der Waals surface area (Å²) in [4.78, 5) is 12.5. The zero-order valence-corrected chi connectivity index (χ0v) is 9.10. The number of ether oxygens (including phenoxy) is 1. The van der Waals surface area contributed by atoms with Gasteiger partial charge >= 0.3 is 0 Å². The molecule has 2 nitrogen and oxygen atoms in total. The first-order chi connectivity index (χ1) is 6.82. The van der Waals surface area contributed by atoms with Gasteiger partial charge < -0.3 is 4.74 Å². The minimum atomic E-state index is -0.637. The second kappa shape index (κ2) is 3.83. The summed E-state index contributed by atoms with van der Waals surface area (Å²) in [5.41, 5.74) is 0.466. The molecule has 0 radical (unpaired) electrons. The predicted molar refractivity (Wildman–Crippen MR) is 56.6 cm³/mol. The second-order valence-electron chi connectivity index (χ2n) is 3.55. The summed E-state index contributed by atoms with van der Waals surface area (Å²) in [6.07, 6.45) is 3.94. The van der Waals surface area contributed by atoms with E-state index in [1.807, 2.05) is 18.4 Å². The Morgan fingerprint density at radius 1 is 1.71 bits per heavy atom. The van der Waals surface area contributed by atoms with E-state index in [0.717, 1.165) is 31.1 Å². The maximum absolute atomic E-state index is 11.2. The van der Waals surface area contributed by atoms with Gasteiger partial charge in [0.05, 0.1) is 0 Å². The maximum atomic E-state index is 11.2. The van der Waals surface area contributed by atoms with Crippen LogP contribution in [0.15, 0.2) is 11.4 Å². The van der Waals surface area contributed by atoms with Gasteiger partial charge in [0.25, 0.3) is 0 Å². The molecule has 1 aliphatic rings. The monoisotopic (exact) mass is 210 g/mol. The highest BCUT2D eigenvalue weighted by atomic mass is 32.1. The molecule has 3 heteroatoms.